The van der Waals surface area contributed by atoms with Gasteiger partial charge < -0.3 is 14.5 Å². The summed E-state index contributed by atoms with van der Waals surface area (Å²) < 4.78 is 11.0. The fourth-order valence-corrected chi connectivity index (χ4v) is 2.92. The average molecular weight is 371 g/mol. The van der Waals surface area contributed by atoms with Gasteiger partial charge in [0.05, 0.1) is 28.9 Å². The molecular formula is C20H19ClN2O3. The van der Waals surface area contributed by atoms with Gasteiger partial charge in [0.15, 0.2) is 0 Å². The smallest absolute Gasteiger partial charge is 0.255 e. The van der Waals surface area contributed by atoms with Crippen molar-refractivity contribution in [1.29, 1.82) is 0 Å². The van der Waals surface area contributed by atoms with Crippen molar-refractivity contribution in [2.24, 2.45) is 0 Å². The van der Waals surface area contributed by atoms with E-state index in [1.54, 1.807) is 32.4 Å². The van der Waals surface area contributed by atoms with Crippen molar-refractivity contribution in [2.75, 3.05) is 13.7 Å². The van der Waals surface area contributed by atoms with Crippen molar-refractivity contribution >= 4 is 17.5 Å². The van der Waals surface area contributed by atoms with Crippen LogP contribution in [0, 0.1) is 6.92 Å². The van der Waals surface area contributed by atoms with E-state index >= 15 is 0 Å². The van der Waals surface area contributed by atoms with Gasteiger partial charge in [0.2, 0.25) is 0 Å². The molecule has 134 valence electrons. The molecule has 0 saturated heterocycles. The lowest BCUT2D eigenvalue weighted by Crippen LogP contribution is -2.32. The third-order valence-corrected chi connectivity index (χ3v) is 4.31. The molecule has 1 N–H and O–H groups in total. The van der Waals surface area contributed by atoms with Gasteiger partial charge in [-0.1, -0.05) is 29.8 Å². The monoisotopic (exact) mass is 370 g/mol. The fourth-order valence-electron chi connectivity index (χ4n) is 2.69. The Morgan fingerprint density at radius 2 is 2.04 bits per heavy atom. The van der Waals surface area contributed by atoms with Crippen LogP contribution in [-0.2, 0) is 4.74 Å². The van der Waals surface area contributed by atoms with E-state index in [2.05, 4.69) is 10.3 Å². The second-order valence-corrected chi connectivity index (χ2v) is 6.20. The third-order valence-electron chi connectivity index (χ3n) is 3.99. The Kier molecular flexibility index (Phi) is 5.71. The van der Waals surface area contributed by atoms with Crippen LogP contribution in [0.25, 0.3) is 11.3 Å². The van der Waals surface area contributed by atoms with Gasteiger partial charge >= 0.3 is 0 Å². The molecule has 2 heterocycles. The molecule has 0 aliphatic rings. The molecular weight excluding hydrogens is 352 g/mol. The van der Waals surface area contributed by atoms with E-state index in [0.29, 0.717) is 28.7 Å². The number of pyridine rings is 1. The van der Waals surface area contributed by atoms with E-state index in [4.69, 9.17) is 20.8 Å². The lowest BCUT2D eigenvalue weighted by Gasteiger charge is -2.17. The predicted octanol–water partition coefficient (Wildman–Crippen LogP) is 4.42. The molecule has 0 unspecified atom stereocenters. The molecule has 3 rings (SSSR count). The first kappa shape index (κ1) is 18.2. The number of aromatic nitrogens is 1. The molecule has 3 aromatic rings. The Labute approximate surface area is 157 Å². The van der Waals surface area contributed by atoms with Gasteiger partial charge in [-0.2, -0.15) is 0 Å². The molecule has 5 nitrogen and oxygen atoms in total. The highest BCUT2D eigenvalue weighted by Gasteiger charge is 2.21. The van der Waals surface area contributed by atoms with E-state index in [0.717, 1.165) is 11.3 Å². The molecule has 0 saturated carbocycles. The fraction of sp³-hybridized carbons (Fsp3) is 0.200. The minimum atomic E-state index is -0.355. The van der Waals surface area contributed by atoms with Gasteiger partial charge in [0.1, 0.15) is 11.5 Å². The van der Waals surface area contributed by atoms with E-state index in [1.165, 1.54) is 0 Å². The van der Waals surface area contributed by atoms with Crippen LogP contribution in [0.2, 0.25) is 5.02 Å². The molecule has 26 heavy (non-hydrogen) atoms. The number of methoxy groups -OCH3 is 1. The molecule has 0 fully saturated rings. The van der Waals surface area contributed by atoms with Crippen LogP contribution in [0.15, 0.2) is 59.1 Å². The summed E-state index contributed by atoms with van der Waals surface area (Å²) in [6.07, 6.45) is 1.68. The van der Waals surface area contributed by atoms with Gasteiger partial charge in [-0.05, 0) is 37.3 Å². The van der Waals surface area contributed by atoms with Crippen LogP contribution >= 0.6 is 11.6 Å². The maximum Gasteiger partial charge on any atom is 0.255 e. The molecule has 1 aromatic carbocycles. The first-order valence-electron chi connectivity index (χ1n) is 8.16. The van der Waals surface area contributed by atoms with Crippen LogP contribution < -0.4 is 5.32 Å². The van der Waals surface area contributed by atoms with Gasteiger partial charge in [0, 0.05) is 18.9 Å². The highest BCUT2D eigenvalue weighted by molar-refractivity contribution is 6.33. The number of carbonyl (C=O) groups excluding carboxylic acids is 1. The molecule has 0 aliphatic carbocycles. The Bertz CT molecular complexity index is 893. The molecule has 6 heteroatoms. The first-order valence-corrected chi connectivity index (χ1v) is 8.54. The highest BCUT2D eigenvalue weighted by atomic mass is 35.5. The molecule has 0 aliphatic heterocycles. The molecule has 1 atom stereocenters. The van der Waals surface area contributed by atoms with Gasteiger partial charge in [-0.15, -0.1) is 0 Å². The summed E-state index contributed by atoms with van der Waals surface area (Å²) in [7, 11) is 1.58. The largest absolute Gasteiger partial charge is 0.460 e. The number of hydrogen-bond acceptors (Lipinski definition) is 4. The SMILES string of the molecule is COC[C@H](NC(=O)c1cc(-c2ccccc2Cl)oc1C)c1ccccn1. The van der Waals surface area contributed by atoms with Crippen molar-refractivity contribution in [3.05, 3.63) is 76.8 Å². The second-order valence-electron chi connectivity index (χ2n) is 5.80. The van der Waals surface area contributed by atoms with Crippen molar-refractivity contribution in [1.82, 2.24) is 10.3 Å². The number of nitrogens with zero attached hydrogens (tertiary/aromatic N) is 1. The lowest BCUT2D eigenvalue weighted by atomic mass is 10.1. The average Bonchev–Trinajstić information content (AvgIpc) is 3.04. The van der Waals surface area contributed by atoms with Gasteiger partial charge in [0.25, 0.3) is 5.91 Å². The van der Waals surface area contributed by atoms with E-state index in [-0.39, 0.29) is 11.9 Å². The molecule has 1 amide bonds. The zero-order valence-electron chi connectivity index (χ0n) is 14.5. The number of carbonyl (C=O) groups is 1. The maximum atomic E-state index is 12.8. The van der Waals surface area contributed by atoms with E-state index in [9.17, 15) is 4.79 Å². The number of amides is 1. The topological polar surface area (TPSA) is 64.4 Å². The van der Waals surface area contributed by atoms with E-state index < -0.39 is 0 Å². The summed E-state index contributed by atoms with van der Waals surface area (Å²) >= 11 is 6.22. The van der Waals surface area contributed by atoms with Crippen LogP contribution in [0.1, 0.15) is 27.9 Å². The molecule has 0 bridgehead atoms. The number of hydrogen-bond donors (Lipinski definition) is 1. The number of nitrogens with one attached hydrogen (secondary N) is 1. The number of halogens is 1. The first-order chi connectivity index (χ1) is 12.6. The summed E-state index contributed by atoms with van der Waals surface area (Å²) in [4.78, 5) is 17.1. The Hall–Kier alpha value is -2.63. The van der Waals surface area contributed by atoms with Gasteiger partial charge in [-0.25, -0.2) is 0 Å². The van der Waals surface area contributed by atoms with Crippen molar-refractivity contribution in [3.8, 4) is 11.3 Å². The standard InChI is InChI=1S/C20H19ClN2O3/c1-13-15(11-19(26-13)14-7-3-4-8-16(14)21)20(24)23-18(12-25-2)17-9-5-6-10-22-17/h3-11,18H,12H2,1-2H3,(H,23,24)/t18-/m0/s1. The van der Waals surface area contributed by atoms with Gasteiger partial charge in [-0.3, -0.25) is 9.78 Å². The van der Waals surface area contributed by atoms with Crippen molar-refractivity contribution in [2.45, 2.75) is 13.0 Å². The summed E-state index contributed by atoms with van der Waals surface area (Å²) in [5.74, 6) is 0.825. The molecule has 0 spiro atoms. The number of benzene rings is 1. The summed E-state index contributed by atoms with van der Waals surface area (Å²) in [5.41, 5.74) is 1.93. The molecule has 2 aromatic heterocycles. The Balaban J connectivity index is 1.85. The quantitative estimate of drug-likeness (QED) is 0.697. The van der Waals surface area contributed by atoms with Crippen molar-refractivity contribution < 1.29 is 13.9 Å². The Morgan fingerprint density at radius 1 is 1.27 bits per heavy atom. The van der Waals surface area contributed by atoms with E-state index in [1.807, 2.05) is 36.4 Å². The highest BCUT2D eigenvalue weighted by Crippen LogP contribution is 2.31. The van der Waals surface area contributed by atoms with Crippen LogP contribution in [0.3, 0.4) is 0 Å². The minimum Gasteiger partial charge on any atom is -0.460 e. The zero-order chi connectivity index (χ0) is 18.5. The normalized spacial score (nSPS) is 12.0. The summed E-state index contributed by atoms with van der Waals surface area (Å²) in [6, 6.07) is 14.2. The number of aryl methyl sites for hydroxylation is 1. The number of rotatable bonds is 6. The third kappa shape index (κ3) is 3.95. The lowest BCUT2D eigenvalue weighted by molar-refractivity contribution is 0.0893. The predicted molar refractivity (Wildman–Crippen MR) is 100 cm³/mol. The Morgan fingerprint density at radius 3 is 2.73 bits per heavy atom. The second kappa shape index (κ2) is 8.17. The minimum absolute atomic E-state index is 0.253. The zero-order valence-corrected chi connectivity index (χ0v) is 15.3. The summed E-state index contributed by atoms with van der Waals surface area (Å²) in [5, 5.41) is 3.52. The summed E-state index contributed by atoms with van der Waals surface area (Å²) in [6.45, 7) is 2.07. The number of furan rings is 1. The van der Waals surface area contributed by atoms with Crippen LogP contribution in [-0.4, -0.2) is 24.6 Å². The molecule has 0 radical (unpaired) electrons. The van der Waals surface area contributed by atoms with Crippen LogP contribution in [0.5, 0.6) is 0 Å². The van der Waals surface area contributed by atoms with Crippen LogP contribution in [0.4, 0.5) is 0 Å². The maximum absolute atomic E-state index is 12.8. The number of ether oxygens (including phenoxy) is 1. The van der Waals surface area contributed by atoms with Crippen molar-refractivity contribution in [3.63, 3.8) is 0 Å².